The first kappa shape index (κ1) is 33.1. The van der Waals surface area contributed by atoms with Gasteiger partial charge in [0.25, 0.3) is 0 Å². The summed E-state index contributed by atoms with van der Waals surface area (Å²) in [6.07, 6.45) is 6.37. The van der Waals surface area contributed by atoms with E-state index in [0.29, 0.717) is 0 Å². The van der Waals surface area contributed by atoms with Crippen LogP contribution in [0.1, 0.15) is 33.9 Å². The number of aromatic amines is 2. The van der Waals surface area contributed by atoms with E-state index in [1.165, 1.54) is 0 Å². The van der Waals surface area contributed by atoms with Gasteiger partial charge in [-0.05, 0) is 83.8 Å². The minimum atomic E-state index is 0.198. The highest BCUT2D eigenvalue weighted by molar-refractivity contribution is 6.06. The van der Waals surface area contributed by atoms with Crippen LogP contribution in [-0.4, -0.2) is 25.0 Å². The summed E-state index contributed by atoms with van der Waals surface area (Å²) >= 11 is 0. The topological polar surface area (TPSA) is 77.6 Å². The van der Waals surface area contributed by atoms with Gasteiger partial charge in [-0.1, -0.05) is 133 Å². The Hall–Kier alpha value is -7.50. The van der Waals surface area contributed by atoms with Crippen LogP contribution >= 0.6 is 0 Å². The first-order chi connectivity index (χ1) is 27.6. The standard InChI is InChI=1S/C51H36N4O/c1-32-22-29-46(56)37(30-32)38-31-45-49(35-18-10-4-11-19-35)43-26-25-41(53-43)47(33-14-6-2-7-15-33)39-23-24-40(52-39)48(34-16-8-3-9-17-34)42-27-28-44(54-42)50(51(38)55-45)36-20-12-5-13-21-36/h2-31,53-54,56H,1H3. The van der Waals surface area contributed by atoms with Gasteiger partial charge in [0.2, 0.25) is 0 Å². The van der Waals surface area contributed by atoms with Crippen LogP contribution < -0.4 is 0 Å². The van der Waals surface area contributed by atoms with Gasteiger partial charge in [0.15, 0.2) is 0 Å². The SMILES string of the molecule is Cc1ccc(O)c(C2=Cc3nc2c(-c2ccccc2)c2ccc([nH]2)c(-c2ccccc2)c2nc(c(-c4ccccc4)c4ccc([nH]4)c3-c3ccccc3)C=C2)c1. The maximum Gasteiger partial charge on any atom is 0.123 e. The first-order valence-corrected chi connectivity index (χ1v) is 18.8. The predicted molar refractivity (Wildman–Crippen MR) is 231 cm³/mol. The molecule has 8 bridgehead atoms. The van der Waals surface area contributed by atoms with Gasteiger partial charge in [0.05, 0.1) is 22.8 Å². The molecule has 3 aromatic heterocycles. The lowest BCUT2D eigenvalue weighted by molar-refractivity contribution is 0.473. The summed E-state index contributed by atoms with van der Waals surface area (Å²) in [5, 5.41) is 11.5. The number of aromatic nitrogens is 4. The van der Waals surface area contributed by atoms with E-state index < -0.39 is 0 Å². The van der Waals surface area contributed by atoms with Crippen molar-refractivity contribution < 1.29 is 5.11 Å². The Morgan fingerprint density at radius 2 is 0.839 bits per heavy atom. The summed E-state index contributed by atoms with van der Waals surface area (Å²) in [5.74, 6) is 0.198. The largest absolute Gasteiger partial charge is 0.507 e. The van der Waals surface area contributed by atoms with Gasteiger partial charge < -0.3 is 15.1 Å². The molecule has 8 aromatic rings. The van der Waals surface area contributed by atoms with Crippen molar-refractivity contribution >= 4 is 45.9 Å². The van der Waals surface area contributed by atoms with Crippen LogP contribution in [0.25, 0.3) is 90.4 Å². The van der Waals surface area contributed by atoms with Crippen molar-refractivity contribution in [3.63, 3.8) is 0 Å². The number of nitrogens with zero attached hydrogens (tertiary/aromatic N) is 2. The van der Waals surface area contributed by atoms with Gasteiger partial charge in [0, 0.05) is 55.5 Å². The van der Waals surface area contributed by atoms with E-state index in [0.717, 1.165) is 106 Å². The Balaban J connectivity index is 1.44. The second kappa shape index (κ2) is 13.7. The fraction of sp³-hybridized carbons (Fsp3) is 0.0196. The molecule has 0 atom stereocenters. The zero-order chi connectivity index (χ0) is 37.6. The molecule has 2 aliphatic heterocycles. The molecular formula is C51H36N4O. The smallest absolute Gasteiger partial charge is 0.123 e. The lowest BCUT2D eigenvalue weighted by Crippen LogP contribution is -1.93. The van der Waals surface area contributed by atoms with Crippen molar-refractivity contribution in [3.8, 4) is 50.3 Å². The van der Waals surface area contributed by atoms with E-state index in [1.54, 1.807) is 6.07 Å². The molecule has 0 radical (unpaired) electrons. The van der Waals surface area contributed by atoms with Crippen molar-refractivity contribution in [2.75, 3.05) is 0 Å². The Bertz CT molecular complexity index is 3010. The molecule has 0 aliphatic carbocycles. The van der Waals surface area contributed by atoms with Gasteiger partial charge in [-0.3, -0.25) is 0 Å². The van der Waals surface area contributed by atoms with Crippen LogP contribution in [0.3, 0.4) is 0 Å². The fourth-order valence-electron chi connectivity index (χ4n) is 7.98. The van der Waals surface area contributed by atoms with Crippen molar-refractivity contribution in [2.24, 2.45) is 0 Å². The van der Waals surface area contributed by atoms with E-state index in [9.17, 15) is 5.11 Å². The Kier molecular flexibility index (Phi) is 8.11. The van der Waals surface area contributed by atoms with E-state index in [1.807, 2.05) is 43.3 Å². The Labute approximate surface area is 324 Å². The second-order valence-corrected chi connectivity index (χ2v) is 14.2. The van der Waals surface area contributed by atoms with Gasteiger partial charge in [-0.15, -0.1) is 0 Å². The maximum atomic E-state index is 11.5. The third-order valence-electron chi connectivity index (χ3n) is 10.6. The van der Waals surface area contributed by atoms with Gasteiger partial charge in [0.1, 0.15) is 5.75 Å². The van der Waals surface area contributed by atoms with E-state index >= 15 is 0 Å². The average Bonchev–Trinajstić information content (AvgIpc) is 4.08. The average molecular weight is 721 g/mol. The maximum absolute atomic E-state index is 11.5. The number of H-pyrrole nitrogens is 2. The number of phenolic OH excluding ortho intramolecular Hbond substituents is 1. The Morgan fingerprint density at radius 3 is 1.30 bits per heavy atom. The number of nitrogens with one attached hydrogen (secondary N) is 2. The van der Waals surface area contributed by atoms with Crippen LogP contribution in [-0.2, 0) is 0 Å². The summed E-state index contributed by atoms with van der Waals surface area (Å²) in [4.78, 5) is 18.7. The quantitative estimate of drug-likeness (QED) is 0.166. The number of hydrogen-bond acceptors (Lipinski definition) is 3. The summed E-state index contributed by atoms with van der Waals surface area (Å²) in [6, 6.07) is 56.0. The zero-order valence-electron chi connectivity index (χ0n) is 30.7. The number of phenols is 1. The number of benzene rings is 5. The molecule has 3 N–H and O–H groups in total. The van der Waals surface area contributed by atoms with Crippen molar-refractivity contribution in [2.45, 2.75) is 6.92 Å². The molecule has 0 saturated carbocycles. The molecule has 5 heteroatoms. The molecule has 5 aromatic carbocycles. The van der Waals surface area contributed by atoms with Gasteiger partial charge in [-0.25, -0.2) is 9.97 Å². The van der Waals surface area contributed by atoms with Crippen LogP contribution in [0.15, 0.2) is 164 Å². The summed E-state index contributed by atoms with van der Waals surface area (Å²) in [7, 11) is 0. The lowest BCUT2D eigenvalue weighted by atomic mass is 9.94. The summed E-state index contributed by atoms with van der Waals surface area (Å²) in [6.45, 7) is 2.05. The highest BCUT2D eigenvalue weighted by atomic mass is 16.3. The van der Waals surface area contributed by atoms with Crippen LogP contribution in [0.5, 0.6) is 5.75 Å². The molecular weight excluding hydrogens is 685 g/mol. The number of aromatic hydroxyl groups is 1. The highest BCUT2D eigenvalue weighted by Crippen LogP contribution is 2.43. The third kappa shape index (κ3) is 5.83. The molecule has 5 nitrogen and oxygen atoms in total. The molecule has 10 rings (SSSR count). The lowest BCUT2D eigenvalue weighted by Gasteiger charge is -2.11. The van der Waals surface area contributed by atoms with E-state index in [2.05, 4.69) is 150 Å². The van der Waals surface area contributed by atoms with Crippen LogP contribution in [0.2, 0.25) is 0 Å². The summed E-state index contributed by atoms with van der Waals surface area (Å²) < 4.78 is 0. The van der Waals surface area contributed by atoms with Crippen LogP contribution in [0, 0.1) is 6.92 Å². The third-order valence-corrected chi connectivity index (χ3v) is 10.6. The fourth-order valence-corrected chi connectivity index (χ4v) is 7.98. The molecule has 2 aliphatic rings. The highest BCUT2D eigenvalue weighted by Gasteiger charge is 2.25. The molecule has 56 heavy (non-hydrogen) atoms. The molecule has 0 saturated heterocycles. The number of hydrogen-bond donors (Lipinski definition) is 3. The second-order valence-electron chi connectivity index (χ2n) is 14.2. The molecule has 266 valence electrons. The van der Waals surface area contributed by atoms with E-state index in [-0.39, 0.29) is 5.75 Å². The molecule has 5 heterocycles. The minimum absolute atomic E-state index is 0.198. The molecule has 0 spiro atoms. The monoisotopic (exact) mass is 720 g/mol. The van der Waals surface area contributed by atoms with E-state index in [4.69, 9.17) is 9.97 Å². The van der Waals surface area contributed by atoms with Crippen LogP contribution in [0.4, 0.5) is 0 Å². The number of rotatable bonds is 5. The molecule has 0 amide bonds. The first-order valence-electron chi connectivity index (χ1n) is 18.8. The van der Waals surface area contributed by atoms with Crippen molar-refractivity contribution in [3.05, 3.63) is 198 Å². The number of fused-ring (bicyclic) bond motifs is 8. The van der Waals surface area contributed by atoms with Gasteiger partial charge in [-0.2, -0.15) is 0 Å². The zero-order valence-corrected chi connectivity index (χ0v) is 30.7. The Morgan fingerprint density at radius 1 is 0.429 bits per heavy atom. The number of aryl methyl sites for hydroxylation is 1. The van der Waals surface area contributed by atoms with Crippen molar-refractivity contribution in [1.82, 2.24) is 19.9 Å². The molecule has 0 fully saturated rings. The normalized spacial score (nSPS) is 12.1. The van der Waals surface area contributed by atoms with Gasteiger partial charge >= 0.3 is 0 Å². The minimum Gasteiger partial charge on any atom is -0.507 e. The predicted octanol–water partition coefficient (Wildman–Crippen LogP) is 12.8. The van der Waals surface area contributed by atoms with Crippen molar-refractivity contribution in [1.29, 1.82) is 0 Å². The molecule has 0 unspecified atom stereocenters. The summed E-state index contributed by atoms with van der Waals surface area (Å²) in [5.41, 5.74) is 17.6.